The molecule has 1 aliphatic rings. The van der Waals surface area contributed by atoms with E-state index in [4.69, 9.17) is 9.47 Å². The molecule has 1 aliphatic heterocycles. The van der Waals surface area contributed by atoms with E-state index in [0.29, 0.717) is 24.3 Å². The first kappa shape index (κ1) is 23.1. The van der Waals surface area contributed by atoms with Gasteiger partial charge >= 0.3 is 0 Å². The normalized spacial score (nSPS) is 15.6. The molecule has 1 amide bonds. The Balaban J connectivity index is 1.52. The second-order valence-electron chi connectivity index (χ2n) is 8.34. The number of para-hydroxylation sites is 1. The number of rotatable bonds is 9. The van der Waals surface area contributed by atoms with Crippen molar-refractivity contribution in [1.82, 2.24) is 10.0 Å². The highest BCUT2D eigenvalue weighted by Gasteiger charge is 2.32. The van der Waals surface area contributed by atoms with Crippen molar-refractivity contribution in [2.75, 3.05) is 13.2 Å². The molecule has 0 aliphatic carbocycles. The first-order valence-electron chi connectivity index (χ1n) is 10.5. The van der Waals surface area contributed by atoms with Crippen LogP contribution in [0.4, 0.5) is 0 Å². The van der Waals surface area contributed by atoms with Crippen LogP contribution in [0, 0.1) is 0 Å². The molecule has 2 aromatic rings. The first-order valence-corrected chi connectivity index (χ1v) is 11.9. The number of benzene rings is 2. The molecule has 0 fully saturated rings. The standard InChI is InChI=1S/C23H30N2O5S/c1-5-16(2)25-31(27,28)19-11-9-17(10-12-19)22(26)24-13-14-29-20-8-6-7-18-15-23(3,4)30-21(18)20/h6-12,16,25H,5,13-15H2,1-4H3,(H,24,26). The van der Waals surface area contributed by atoms with Gasteiger partial charge in [0.1, 0.15) is 12.2 Å². The van der Waals surface area contributed by atoms with Crippen molar-refractivity contribution < 1.29 is 22.7 Å². The van der Waals surface area contributed by atoms with Crippen molar-refractivity contribution in [3.63, 3.8) is 0 Å². The molecule has 0 bridgehead atoms. The van der Waals surface area contributed by atoms with Gasteiger partial charge in [-0.1, -0.05) is 19.1 Å². The van der Waals surface area contributed by atoms with E-state index < -0.39 is 10.0 Å². The third-order valence-electron chi connectivity index (χ3n) is 5.10. The third kappa shape index (κ3) is 5.77. The molecule has 168 valence electrons. The van der Waals surface area contributed by atoms with Crippen molar-refractivity contribution in [1.29, 1.82) is 0 Å². The van der Waals surface area contributed by atoms with Crippen LogP contribution in [0.2, 0.25) is 0 Å². The van der Waals surface area contributed by atoms with Gasteiger partial charge in [-0.3, -0.25) is 4.79 Å². The van der Waals surface area contributed by atoms with Crippen molar-refractivity contribution in [3.05, 3.63) is 53.6 Å². The van der Waals surface area contributed by atoms with Crippen LogP contribution in [0.1, 0.15) is 50.0 Å². The lowest BCUT2D eigenvalue weighted by molar-refractivity contribution is 0.0946. The van der Waals surface area contributed by atoms with Crippen LogP contribution in [-0.2, 0) is 16.4 Å². The molecular formula is C23H30N2O5S. The predicted molar refractivity (Wildman–Crippen MR) is 119 cm³/mol. The lowest BCUT2D eigenvalue weighted by atomic mass is 10.0. The summed E-state index contributed by atoms with van der Waals surface area (Å²) in [7, 11) is -3.59. The fourth-order valence-electron chi connectivity index (χ4n) is 3.33. The van der Waals surface area contributed by atoms with E-state index in [-0.39, 0.29) is 29.1 Å². The van der Waals surface area contributed by atoms with Crippen molar-refractivity contribution in [3.8, 4) is 11.5 Å². The molecule has 1 heterocycles. The molecule has 1 unspecified atom stereocenters. The highest BCUT2D eigenvalue weighted by atomic mass is 32.2. The van der Waals surface area contributed by atoms with Crippen LogP contribution >= 0.6 is 0 Å². The number of hydrogen-bond donors (Lipinski definition) is 2. The molecule has 31 heavy (non-hydrogen) atoms. The van der Waals surface area contributed by atoms with Crippen molar-refractivity contribution in [2.45, 2.75) is 57.1 Å². The molecule has 8 heteroatoms. The van der Waals surface area contributed by atoms with Crippen LogP contribution in [0.15, 0.2) is 47.4 Å². The zero-order valence-electron chi connectivity index (χ0n) is 18.4. The van der Waals surface area contributed by atoms with E-state index in [1.54, 1.807) is 6.92 Å². The van der Waals surface area contributed by atoms with Crippen molar-refractivity contribution in [2.24, 2.45) is 0 Å². The van der Waals surface area contributed by atoms with Crippen molar-refractivity contribution >= 4 is 15.9 Å². The van der Waals surface area contributed by atoms with E-state index in [1.807, 2.05) is 39.0 Å². The summed E-state index contributed by atoms with van der Waals surface area (Å²) in [5, 5.41) is 2.78. The second kappa shape index (κ2) is 9.28. The van der Waals surface area contributed by atoms with Gasteiger partial charge in [0.25, 0.3) is 5.91 Å². The predicted octanol–water partition coefficient (Wildman–Crippen LogP) is 3.29. The Morgan fingerprint density at radius 3 is 2.58 bits per heavy atom. The van der Waals surface area contributed by atoms with Gasteiger partial charge in [0.05, 0.1) is 11.4 Å². The zero-order chi connectivity index (χ0) is 22.6. The molecule has 2 N–H and O–H groups in total. The maximum absolute atomic E-state index is 12.4. The number of fused-ring (bicyclic) bond motifs is 1. The Hall–Kier alpha value is -2.58. The summed E-state index contributed by atoms with van der Waals surface area (Å²) in [6.45, 7) is 8.38. The van der Waals surface area contributed by atoms with Gasteiger partial charge in [0.15, 0.2) is 11.5 Å². The number of carbonyl (C=O) groups excluding carboxylic acids is 1. The fourth-order valence-corrected chi connectivity index (χ4v) is 4.66. The van der Waals surface area contributed by atoms with E-state index in [1.165, 1.54) is 24.3 Å². The van der Waals surface area contributed by atoms with E-state index >= 15 is 0 Å². The lowest BCUT2D eigenvalue weighted by Crippen LogP contribution is -2.32. The Bertz CT molecular complexity index is 1030. The topological polar surface area (TPSA) is 93.7 Å². The molecule has 0 aromatic heterocycles. The second-order valence-corrected chi connectivity index (χ2v) is 10.1. The minimum Gasteiger partial charge on any atom is -0.488 e. The van der Waals surface area contributed by atoms with E-state index in [9.17, 15) is 13.2 Å². The highest BCUT2D eigenvalue weighted by molar-refractivity contribution is 7.89. The SMILES string of the molecule is CCC(C)NS(=O)(=O)c1ccc(C(=O)NCCOc2cccc3c2OC(C)(C)C3)cc1. The van der Waals surface area contributed by atoms with Crippen LogP contribution in [0.25, 0.3) is 0 Å². The van der Waals surface area contributed by atoms with Crippen LogP contribution in [0.3, 0.4) is 0 Å². The zero-order valence-corrected chi connectivity index (χ0v) is 19.2. The molecule has 0 radical (unpaired) electrons. The molecular weight excluding hydrogens is 416 g/mol. The summed E-state index contributed by atoms with van der Waals surface area (Å²) in [6, 6.07) is 11.5. The van der Waals surface area contributed by atoms with E-state index in [2.05, 4.69) is 10.0 Å². The van der Waals surface area contributed by atoms with Gasteiger partial charge in [-0.2, -0.15) is 0 Å². The minimum atomic E-state index is -3.59. The lowest BCUT2D eigenvalue weighted by Gasteiger charge is -2.18. The fraction of sp³-hybridized carbons (Fsp3) is 0.435. The Kier molecular flexibility index (Phi) is 6.91. The first-order chi connectivity index (χ1) is 14.6. The average molecular weight is 447 g/mol. The molecule has 0 saturated heterocycles. The van der Waals surface area contributed by atoms with Gasteiger partial charge in [-0.15, -0.1) is 0 Å². The number of amides is 1. The van der Waals surface area contributed by atoms with Gasteiger partial charge in [0, 0.05) is 23.6 Å². The molecule has 2 aromatic carbocycles. The number of nitrogens with one attached hydrogen (secondary N) is 2. The summed E-state index contributed by atoms with van der Waals surface area (Å²) in [5.74, 6) is 1.14. The number of sulfonamides is 1. The van der Waals surface area contributed by atoms with Gasteiger partial charge in [-0.05, 0) is 57.5 Å². The van der Waals surface area contributed by atoms with Crippen LogP contribution < -0.4 is 19.5 Å². The van der Waals surface area contributed by atoms with Crippen LogP contribution in [-0.4, -0.2) is 39.1 Å². The quantitative estimate of drug-likeness (QED) is 0.577. The Morgan fingerprint density at radius 1 is 1.19 bits per heavy atom. The van der Waals surface area contributed by atoms with Crippen LogP contribution in [0.5, 0.6) is 11.5 Å². The largest absolute Gasteiger partial charge is 0.488 e. The summed E-state index contributed by atoms with van der Waals surface area (Å²) in [6.07, 6.45) is 1.52. The van der Waals surface area contributed by atoms with E-state index in [0.717, 1.165) is 17.7 Å². The average Bonchev–Trinajstić information content (AvgIpc) is 3.05. The monoisotopic (exact) mass is 446 g/mol. The molecule has 1 atom stereocenters. The summed E-state index contributed by atoms with van der Waals surface area (Å²) >= 11 is 0. The number of hydrogen-bond acceptors (Lipinski definition) is 5. The molecule has 0 spiro atoms. The Morgan fingerprint density at radius 2 is 1.90 bits per heavy atom. The smallest absolute Gasteiger partial charge is 0.251 e. The summed E-state index contributed by atoms with van der Waals surface area (Å²) < 4.78 is 39.0. The third-order valence-corrected chi connectivity index (χ3v) is 6.70. The molecule has 7 nitrogen and oxygen atoms in total. The molecule has 3 rings (SSSR count). The summed E-state index contributed by atoms with van der Waals surface area (Å²) in [5.41, 5.74) is 1.25. The molecule has 0 saturated carbocycles. The minimum absolute atomic E-state index is 0.133. The number of ether oxygens (including phenoxy) is 2. The number of carbonyl (C=O) groups is 1. The van der Waals surface area contributed by atoms with Gasteiger partial charge in [-0.25, -0.2) is 13.1 Å². The Labute approximate surface area is 184 Å². The van der Waals surface area contributed by atoms with Gasteiger partial charge < -0.3 is 14.8 Å². The van der Waals surface area contributed by atoms with Gasteiger partial charge in [0.2, 0.25) is 10.0 Å². The summed E-state index contributed by atoms with van der Waals surface area (Å²) in [4.78, 5) is 12.5. The maximum atomic E-state index is 12.4. The highest BCUT2D eigenvalue weighted by Crippen LogP contribution is 2.41. The maximum Gasteiger partial charge on any atom is 0.251 e.